The summed E-state index contributed by atoms with van der Waals surface area (Å²) in [6.07, 6.45) is 0. The van der Waals surface area contributed by atoms with E-state index in [0.29, 0.717) is 57.1 Å². The molecule has 3 aliphatic heterocycles. The molecule has 6 heteroatoms. The first-order valence-corrected chi connectivity index (χ1v) is 7.08. The molecule has 0 spiro atoms. The SMILES string of the molecule is c1c(C2=NCCO2)cc(C2=NCCO2)cc1C1=NCCO1. The van der Waals surface area contributed by atoms with Crippen LogP contribution in [0.2, 0.25) is 0 Å². The van der Waals surface area contributed by atoms with Gasteiger partial charge >= 0.3 is 0 Å². The second kappa shape index (κ2) is 5.20. The van der Waals surface area contributed by atoms with Crippen LogP contribution in [0.25, 0.3) is 0 Å². The van der Waals surface area contributed by atoms with Crippen molar-refractivity contribution in [1.29, 1.82) is 0 Å². The molecule has 0 fully saturated rings. The summed E-state index contributed by atoms with van der Waals surface area (Å²) < 4.78 is 16.7. The normalized spacial score (nSPS) is 20.3. The third kappa shape index (κ3) is 2.37. The summed E-state index contributed by atoms with van der Waals surface area (Å²) in [6.45, 7) is 3.98. The van der Waals surface area contributed by atoms with Crippen molar-refractivity contribution >= 4 is 17.7 Å². The molecule has 6 nitrogen and oxygen atoms in total. The highest BCUT2D eigenvalue weighted by Crippen LogP contribution is 2.19. The van der Waals surface area contributed by atoms with Gasteiger partial charge in [-0.3, -0.25) is 0 Å². The average Bonchev–Trinajstić information content (AvgIpc) is 3.29. The Morgan fingerprint density at radius 3 is 1.14 bits per heavy atom. The summed E-state index contributed by atoms with van der Waals surface area (Å²) >= 11 is 0. The molecule has 0 N–H and O–H groups in total. The molecule has 0 aliphatic carbocycles. The lowest BCUT2D eigenvalue weighted by Gasteiger charge is -2.10. The predicted molar refractivity (Wildman–Crippen MR) is 78.5 cm³/mol. The van der Waals surface area contributed by atoms with Crippen molar-refractivity contribution in [3.8, 4) is 0 Å². The molecule has 1 aromatic carbocycles. The molecule has 0 saturated carbocycles. The predicted octanol–water partition coefficient (Wildman–Crippen LogP) is 1.02. The highest BCUT2D eigenvalue weighted by molar-refractivity contribution is 6.05. The second-order valence-electron chi connectivity index (χ2n) is 4.91. The molecule has 21 heavy (non-hydrogen) atoms. The largest absolute Gasteiger partial charge is 0.476 e. The third-order valence-corrected chi connectivity index (χ3v) is 3.43. The van der Waals surface area contributed by atoms with Crippen molar-refractivity contribution in [2.24, 2.45) is 15.0 Å². The van der Waals surface area contributed by atoms with Gasteiger partial charge in [0.25, 0.3) is 0 Å². The molecule has 0 amide bonds. The van der Waals surface area contributed by atoms with Gasteiger partial charge in [0.1, 0.15) is 19.8 Å². The van der Waals surface area contributed by atoms with Crippen LogP contribution in [0.15, 0.2) is 33.2 Å². The molecule has 3 aliphatic rings. The fourth-order valence-corrected chi connectivity index (χ4v) is 2.53. The monoisotopic (exact) mass is 285 g/mol. The van der Waals surface area contributed by atoms with Gasteiger partial charge in [0.2, 0.25) is 17.7 Å². The summed E-state index contributed by atoms with van der Waals surface area (Å²) in [7, 11) is 0. The molecule has 0 radical (unpaired) electrons. The van der Waals surface area contributed by atoms with Crippen LogP contribution in [0.3, 0.4) is 0 Å². The maximum atomic E-state index is 5.56. The van der Waals surface area contributed by atoms with E-state index in [2.05, 4.69) is 15.0 Å². The lowest BCUT2D eigenvalue weighted by Crippen LogP contribution is -2.10. The summed E-state index contributed by atoms with van der Waals surface area (Å²) in [5, 5.41) is 0. The van der Waals surface area contributed by atoms with Gasteiger partial charge < -0.3 is 14.2 Å². The molecule has 3 heterocycles. The van der Waals surface area contributed by atoms with Crippen LogP contribution in [-0.4, -0.2) is 57.1 Å². The fraction of sp³-hybridized carbons (Fsp3) is 0.400. The molecule has 0 atom stereocenters. The van der Waals surface area contributed by atoms with Gasteiger partial charge in [0.15, 0.2) is 0 Å². The maximum Gasteiger partial charge on any atom is 0.216 e. The smallest absolute Gasteiger partial charge is 0.216 e. The number of aliphatic imine (C=N–C) groups is 3. The Morgan fingerprint density at radius 2 is 0.905 bits per heavy atom. The molecule has 0 saturated heterocycles. The van der Waals surface area contributed by atoms with E-state index in [1.54, 1.807) is 0 Å². The van der Waals surface area contributed by atoms with E-state index in [1.165, 1.54) is 0 Å². The van der Waals surface area contributed by atoms with E-state index in [9.17, 15) is 0 Å². The zero-order chi connectivity index (χ0) is 14.1. The van der Waals surface area contributed by atoms with Gasteiger partial charge in [-0.2, -0.15) is 0 Å². The van der Waals surface area contributed by atoms with Crippen LogP contribution >= 0.6 is 0 Å². The first-order chi connectivity index (χ1) is 10.4. The van der Waals surface area contributed by atoms with Crippen molar-refractivity contribution in [1.82, 2.24) is 0 Å². The Balaban J connectivity index is 1.79. The Hall–Kier alpha value is -2.37. The third-order valence-electron chi connectivity index (χ3n) is 3.43. The minimum absolute atomic E-state index is 0.629. The molecule has 0 aromatic heterocycles. The lowest BCUT2D eigenvalue weighted by atomic mass is 10.0. The van der Waals surface area contributed by atoms with Crippen molar-refractivity contribution in [2.45, 2.75) is 0 Å². The summed E-state index contributed by atoms with van der Waals surface area (Å²) in [5.74, 6) is 1.99. The van der Waals surface area contributed by atoms with Crippen LogP contribution in [0.1, 0.15) is 16.7 Å². The van der Waals surface area contributed by atoms with Crippen LogP contribution in [0.4, 0.5) is 0 Å². The molecular weight excluding hydrogens is 270 g/mol. The van der Waals surface area contributed by atoms with Crippen LogP contribution < -0.4 is 0 Å². The molecule has 1 aromatic rings. The Kier molecular flexibility index (Phi) is 3.06. The van der Waals surface area contributed by atoms with Gasteiger partial charge in [-0.05, 0) is 18.2 Å². The molecule has 4 rings (SSSR count). The van der Waals surface area contributed by atoms with Crippen molar-refractivity contribution in [3.63, 3.8) is 0 Å². The quantitative estimate of drug-likeness (QED) is 0.832. The second-order valence-corrected chi connectivity index (χ2v) is 4.91. The number of rotatable bonds is 3. The van der Waals surface area contributed by atoms with Crippen LogP contribution in [0.5, 0.6) is 0 Å². The van der Waals surface area contributed by atoms with Gasteiger partial charge in [0, 0.05) is 16.7 Å². The number of ether oxygens (including phenoxy) is 3. The highest BCUT2D eigenvalue weighted by atomic mass is 16.5. The van der Waals surface area contributed by atoms with E-state index in [1.807, 2.05) is 18.2 Å². The number of benzene rings is 1. The molecular formula is C15H15N3O3. The van der Waals surface area contributed by atoms with Gasteiger partial charge in [0.05, 0.1) is 19.6 Å². The maximum absolute atomic E-state index is 5.56. The minimum atomic E-state index is 0.629. The zero-order valence-electron chi connectivity index (χ0n) is 11.5. The van der Waals surface area contributed by atoms with E-state index in [4.69, 9.17) is 14.2 Å². The van der Waals surface area contributed by atoms with E-state index >= 15 is 0 Å². The number of hydrogen-bond donors (Lipinski definition) is 0. The standard InChI is InChI=1S/C15H15N3O3/c1-4-19-13(16-1)10-7-11(14-17-2-5-20-14)9-12(8-10)15-18-3-6-21-15/h7-9H,1-6H2. The van der Waals surface area contributed by atoms with Crippen molar-refractivity contribution in [2.75, 3.05) is 39.5 Å². The van der Waals surface area contributed by atoms with Gasteiger partial charge in [-0.15, -0.1) is 0 Å². The van der Waals surface area contributed by atoms with Crippen molar-refractivity contribution in [3.05, 3.63) is 34.9 Å². The Bertz CT molecular complexity index is 561. The Morgan fingerprint density at radius 1 is 0.571 bits per heavy atom. The Labute approximate surface area is 122 Å². The lowest BCUT2D eigenvalue weighted by molar-refractivity contribution is 0.346. The first-order valence-electron chi connectivity index (χ1n) is 7.08. The number of hydrogen-bond acceptors (Lipinski definition) is 6. The van der Waals surface area contributed by atoms with Crippen LogP contribution in [-0.2, 0) is 14.2 Å². The fourth-order valence-electron chi connectivity index (χ4n) is 2.53. The van der Waals surface area contributed by atoms with E-state index in [0.717, 1.165) is 16.7 Å². The number of nitrogens with zero attached hydrogens (tertiary/aromatic N) is 3. The minimum Gasteiger partial charge on any atom is -0.476 e. The van der Waals surface area contributed by atoms with Crippen LogP contribution in [0, 0.1) is 0 Å². The molecule has 108 valence electrons. The zero-order valence-corrected chi connectivity index (χ0v) is 11.5. The summed E-state index contributed by atoms with van der Waals surface area (Å²) in [6, 6.07) is 5.98. The molecule has 0 bridgehead atoms. The van der Waals surface area contributed by atoms with Gasteiger partial charge in [-0.25, -0.2) is 15.0 Å². The van der Waals surface area contributed by atoms with Gasteiger partial charge in [-0.1, -0.05) is 0 Å². The summed E-state index contributed by atoms with van der Waals surface area (Å²) in [5.41, 5.74) is 2.74. The highest BCUT2D eigenvalue weighted by Gasteiger charge is 2.20. The molecule has 0 unspecified atom stereocenters. The van der Waals surface area contributed by atoms with Crippen molar-refractivity contribution < 1.29 is 14.2 Å². The average molecular weight is 285 g/mol. The summed E-state index contributed by atoms with van der Waals surface area (Å²) in [4.78, 5) is 13.1. The van der Waals surface area contributed by atoms with E-state index < -0.39 is 0 Å². The first kappa shape index (κ1) is 12.4. The topological polar surface area (TPSA) is 64.8 Å². The van der Waals surface area contributed by atoms with E-state index in [-0.39, 0.29) is 0 Å².